The van der Waals surface area contributed by atoms with Gasteiger partial charge in [0.1, 0.15) is 12.4 Å². The summed E-state index contributed by atoms with van der Waals surface area (Å²) in [4.78, 5) is 11.9. The van der Waals surface area contributed by atoms with Crippen LogP contribution >= 0.6 is 0 Å². The van der Waals surface area contributed by atoms with Crippen LogP contribution in [-0.4, -0.2) is 19.2 Å². The third kappa shape index (κ3) is 4.74. The van der Waals surface area contributed by atoms with E-state index in [9.17, 15) is 4.79 Å². The number of carbonyl (C=O) groups excluding carboxylic acids is 1. The molecule has 0 aliphatic carbocycles. The predicted molar refractivity (Wildman–Crippen MR) is 94.3 cm³/mol. The Kier molecular flexibility index (Phi) is 5.63. The van der Waals surface area contributed by atoms with E-state index < -0.39 is 0 Å². The number of aryl methyl sites for hydroxylation is 4. The van der Waals surface area contributed by atoms with Crippen LogP contribution in [0, 0.1) is 27.7 Å². The van der Waals surface area contributed by atoms with Crippen LogP contribution in [0.1, 0.15) is 22.3 Å². The van der Waals surface area contributed by atoms with E-state index in [0.29, 0.717) is 13.2 Å². The van der Waals surface area contributed by atoms with E-state index in [1.165, 1.54) is 11.1 Å². The number of anilines is 1. The fraction of sp³-hybridized carbons (Fsp3) is 0.316. The lowest BCUT2D eigenvalue weighted by Gasteiger charge is -2.13. The second-order valence-electron chi connectivity index (χ2n) is 5.75. The van der Waals surface area contributed by atoms with Gasteiger partial charge in [0.05, 0.1) is 6.54 Å². The highest BCUT2D eigenvalue weighted by molar-refractivity contribution is 5.89. The molecular formula is C19H24N2O2. The predicted octanol–water partition coefficient (Wildman–Crippen LogP) is 4.12. The maximum Gasteiger partial charge on any atom is 0.319 e. The van der Waals surface area contributed by atoms with E-state index in [1.54, 1.807) is 0 Å². The molecule has 0 aliphatic rings. The van der Waals surface area contributed by atoms with Crippen molar-refractivity contribution in [1.82, 2.24) is 5.32 Å². The largest absolute Gasteiger partial charge is 0.491 e. The first-order valence-corrected chi connectivity index (χ1v) is 7.78. The second-order valence-corrected chi connectivity index (χ2v) is 5.75. The average molecular weight is 312 g/mol. The van der Waals surface area contributed by atoms with Crippen molar-refractivity contribution in [1.29, 1.82) is 0 Å². The Hall–Kier alpha value is -2.49. The lowest BCUT2D eigenvalue weighted by atomic mass is 10.1. The van der Waals surface area contributed by atoms with Gasteiger partial charge in [0, 0.05) is 5.69 Å². The standard InChI is InChI=1S/C19H24N2O2/c1-13-7-5-6-8-17(13)21-19(22)20-9-10-23-18-12-15(3)14(2)11-16(18)4/h5-8,11-12H,9-10H2,1-4H3,(H2,20,21,22). The van der Waals surface area contributed by atoms with Crippen molar-refractivity contribution in [2.75, 3.05) is 18.5 Å². The molecule has 0 bridgehead atoms. The number of hydrogen-bond donors (Lipinski definition) is 2. The van der Waals surface area contributed by atoms with Gasteiger partial charge in [-0.1, -0.05) is 24.3 Å². The van der Waals surface area contributed by atoms with Crippen molar-refractivity contribution in [3.63, 3.8) is 0 Å². The van der Waals surface area contributed by atoms with Crippen molar-refractivity contribution in [2.45, 2.75) is 27.7 Å². The van der Waals surface area contributed by atoms with E-state index in [2.05, 4.69) is 30.5 Å². The summed E-state index contributed by atoms with van der Waals surface area (Å²) in [5.74, 6) is 0.870. The van der Waals surface area contributed by atoms with E-state index in [1.807, 2.05) is 44.2 Å². The zero-order chi connectivity index (χ0) is 16.8. The number of nitrogens with one attached hydrogen (secondary N) is 2. The van der Waals surface area contributed by atoms with Crippen LogP contribution in [0.15, 0.2) is 36.4 Å². The molecule has 0 unspecified atom stereocenters. The number of para-hydroxylation sites is 1. The van der Waals surface area contributed by atoms with Crippen LogP contribution in [0.2, 0.25) is 0 Å². The normalized spacial score (nSPS) is 10.3. The van der Waals surface area contributed by atoms with Gasteiger partial charge in [-0.3, -0.25) is 0 Å². The number of benzene rings is 2. The van der Waals surface area contributed by atoms with Crippen molar-refractivity contribution >= 4 is 11.7 Å². The molecule has 2 aromatic rings. The number of rotatable bonds is 5. The van der Waals surface area contributed by atoms with Crippen LogP contribution in [0.25, 0.3) is 0 Å². The highest BCUT2D eigenvalue weighted by Gasteiger charge is 2.05. The second kappa shape index (κ2) is 7.68. The van der Waals surface area contributed by atoms with Crippen molar-refractivity contribution in [3.8, 4) is 5.75 Å². The molecule has 2 rings (SSSR count). The molecule has 2 N–H and O–H groups in total. The lowest BCUT2D eigenvalue weighted by molar-refractivity contribution is 0.247. The van der Waals surface area contributed by atoms with Crippen molar-refractivity contribution in [3.05, 3.63) is 58.7 Å². The van der Waals surface area contributed by atoms with Gasteiger partial charge >= 0.3 is 6.03 Å². The minimum absolute atomic E-state index is 0.222. The van der Waals surface area contributed by atoms with Gasteiger partial charge in [-0.15, -0.1) is 0 Å². The monoisotopic (exact) mass is 312 g/mol. The smallest absolute Gasteiger partial charge is 0.319 e. The van der Waals surface area contributed by atoms with Crippen molar-refractivity contribution < 1.29 is 9.53 Å². The molecule has 0 atom stereocenters. The number of carbonyl (C=O) groups is 1. The molecular weight excluding hydrogens is 288 g/mol. The fourth-order valence-corrected chi connectivity index (χ4v) is 2.29. The highest BCUT2D eigenvalue weighted by Crippen LogP contribution is 2.22. The number of hydrogen-bond acceptors (Lipinski definition) is 2. The summed E-state index contributed by atoms with van der Waals surface area (Å²) < 4.78 is 5.75. The summed E-state index contributed by atoms with van der Waals surface area (Å²) in [7, 11) is 0. The van der Waals surface area contributed by atoms with Crippen LogP contribution < -0.4 is 15.4 Å². The lowest BCUT2D eigenvalue weighted by Crippen LogP contribution is -2.32. The average Bonchev–Trinajstić information content (AvgIpc) is 2.51. The number of urea groups is 1. The van der Waals surface area contributed by atoms with Gasteiger partial charge in [0.25, 0.3) is 0 Å². The van der Waals surface area contributed by atoms with Crippen LogP contribution in [0.5, 0.6) is 5.75 Å². The summed E-state index contributed by atoms with van der Waals surface area (Å²) in [5.41, 5.74) is 5.42. The minimum Gasteiger partial charge on any atom is -0.491 e. The Morgan fingerprint density at radius 1 is 0.957 bits per heavy atom. The van der Waals surface area contributed by atoms with Gasteiger partial charge in [0.15, 0.2) is 0 Å². The van der Waals surface area contributed by atoms with Crippen LogP contribution in [0.3, 0.4) is 0 Å². The molecule has 0 aliphatic heterocycles. The highest BCUT2D eigenvalue weighted by atomic mass is 16.5. The number of ether oxygens (including phenoxy) is 1. The maximum atomic E-state index is 11.9. The first kappa shape index (κ1) is 16.9. The van der Waals surface area contributed by atoms with Gasteiger partial charge < -0.3 is 15.4 Å². The minimum atomic E-state index is -0.222. The zero-order valence-electron chi connectivity index (χ0n) is 14.2. The molecule has 0 saturated heterocycles. The summed E-state index contributed by atoms with van der Waals surface area (Å²) in [6, 6.07) is 11.6. The van der Waals surface area contributed by atoms with Crippen LogP contribution in [0.4, 0.5) is 10.5 Å². The summed E-state index contributed by atoms with van der Waals surface area (Å²) in [6.07, 6.45) is 0. The molecule has 2 aromatic carbocycles. The van der Waals surface area contributed by atoms with Gasteiger partial charge in [0.2, 0.25) is 0 Å². The van der Waals surface area contributed by atoms with E-state index in [-0.39, 0.29) is 6.03 Å². The topological polar surface area (TPSA) is 50.4 Å². The number of amides is 2. The van der Waals surface area contributed by atoms with Crippen molar-refractivity contribution in [2.24, 2.45) is 0 Å². The first-order chi connectivity index (χ1) is 11.0. The van der Waals surface area contributed by atoms with E-state index in [4.69, 9.17) is 4.74 Å². The molecule has 0 radical (unpaired) electrons. The first-order valence-electron chi connectivity index (χ1n) is 7.78. The maximum absolute atomic E-state index is 11.9. The molecule has 0 saturated carbocycles. The third-order valence-electron chi connectivity index (χ3n) is 3.83. The fourth-order valence-electron chi connectivity index (χ4n) is 2.29. The summed E-state index contributed by atoms with van der Waals surface area (Å²) in [6.45, 7) is 9.02. The Morgan fingerprint density at radius 3 is 2.39 bits per heavy atom. The Bertz CT molecular complexity index is 696. The van der Waals surface area contributed by atoms with E-state index in [0.717, 1.165) is 22.6 Å². The third-order valence-corrected chi connectivity index (χ3v) is 3.83. The Morgan fingerprint density at radius 2 is 1.65 bits per heavy atom. The molecule has 0 aromatic heterocycles. The van der Waals surface area contributed by atoms with Gasteiger partial charge in [-0.2, -0.15) is 0 Å². The molecule has 122 valence electrons. The molecule has 4 nitrogen and oxygen atoms in total. The quantitative estimate of drug-likeness (QED) is 0.816. The SMILES string of the molecule is Cc1cc(C)c(OCCNC(=O)Nc2ccccc2C)cc1C. The molecule has 2 amide bonds. The van der Waals surface area contributed by atoms with Gasteiger partial charge in [-0.05, 0) is 62.1 Å². The summed E-state index contributed by atoms with van der Waals surface area (Å²) >= 11 is 0. The Balaban J connectivity index is 1.78. The zero-order valence-corrected chi connectivity index (χ0v) is 14.2. The van der Waals surface area contributed by atoms with Gasteiger partial charge in [-0.25, -0.2) is 4.79 Å². The Labute approximate surface area is 137 Å². The molecule has 0 fully saturated rings. The molecule has 0 heterocycles. The molecule has 23 heavy (non-hydrogen) atoms. The molecule has 0 spiro atoms. The molecule has 4 heteroatoms. The van der Waals surface area contributed by atoms with Crippen LogP contribution in [-0.2, 0) is 0 Å². The summed E-state index contributed by atoms with van der Waals surface area (Å²) in [5, 5.41) is 5.63. The van der Waals surface area contributed by atoms with E-state index >= 15 is 0 Å².